The lowest BCUT2D eigenvalue weighted by Gasteiger charge is -2.31. The monoisotopic (exact) mass is 314 g/mol. The molecule has 1 aromatic carbocycles. The highest BCUT2D eigenvalue weighted by atomic mass is 79.9. The number of benzene rings is 1. The molecular weight excluding hydrogens is 296 g/mol. The van der Waals surface area contributed by atoms with Crippen LogP contribution in [0.1, 0.15) is 11.6 Å². The van der Waals surface area contributed by atoms with Crippen molar-refractivity contribution in [3.63, 3.8) is 0 Å². The van der Waals surface area contributed by atoms with Gasteiger partial charge in [0.25, 0.3) is 0 Å². The molecule has 5 heteroatoms. The highest BCUT2D eigenvalue weighted by molar-refractivity contribution is 9.10. The second-order valence-electron chi connectivity index (χ2n) is 4.27. The molecule has 2 unspecified atom stereocenters. The molecule has 0 aromatic heterocycles. The lowest BCUT2D eigenvalue weighted by Crippen LogP contribution is -2.45. The zero-order chi connectivity index (χ0) is 13.0. The van der Waals surface area contributed by atoms with Gasteiger partial charge in [-0.05, 0) is 40.7 Å². The fraction of sp³-hybridized carbons (Fsp3) is 0.538. The molecule has 4 nitrogen and oxygen atoms in total. The highest BCUT2D eigenvalue weighted by Crippen LogP contribution is 2.29. The van der Waals surface area contributed by atoms with E-state index in [1.807, 2.05) is 13.1 Å². The molecule has 2 rings (SSSR count). The van der Waals surface area contributed by atoms with Crippen molar-refractivity contribution >= 4 is 15.9 Å². The first-order valence-corrected chi connectivity index (χ1v) is 6.88. The molecule has 0 amide bonds. The number of rotatable bonds is 4. The number of methoxy groups -OCH3 is 1. The maximum Gasteiger partial charge on any atom is 0.133 e. The Morgan fingerprint density at radius 3 is 2.94 bits per heavy atom. The Morgan fingerprint density at radius 2 is 2.39 bits per heavy atom. The summed E-state index contributed by atoms with van der Waals surface area (Å²) in [4.78, 5) is 0. The van der Waals surface area contributed by atoms with E-state index >= 15 is 0 Å². The molecule has 0 aliphatic carbocycles. The number of nitrogens with one attached hydrogen (secondary N) is 2. The predicted octanol–water partition coefficient (Wildman–Crippen LogP) is 1.71. The fourth-order valence-corrected chi connectivity index (χ4v) is 2.80. The molecule has 1 saturated heterocycles. The van der Waals surface area contributed by atoms with E-state index in [0.717, 1.165) is 29.9 Å². The van der Waals surface area contributed by atoms with Crippen molar-refractivity contribution in [1.82, 2.24) is 10.6 Å². The van der Waals surface area contributed by atoms with Gasteiger partial charge in [-0.3, -0.25) is 0 Å². The van der Waals surface area contributed by atoms with Gasteiger partial charge in [-0.25, -0.2) is 0 Å². The maximum absolute atomic E-state index is 5.81. The van der Waals surface area contributed by atoms with E-state index in [2.05, 4.69) is 38.7 Å². The molecule has 2 atom stereocenters. The van der Waals surface area contributed by atoms with Gasteiger partial charge in [0.1, 0.15) is 5.75 Å². The van der Waals surface area contributed by atoms with E-state index in [-0.39, 0.29) is 12.1 Å². The molecule has 0 radical (unpaired) electrons. The molecule has 0 spiro atoms. The zero-order valence-corrected chi connectivity index (χ0v) is 12.3. The van der Waals surface area contributed by atoms with Crippen LogP contribution >= 0.6 is 15.9 Å². The molecule has 0 bridgehead atoms. The van der Waals surface area contributed by atoms with Gasteiger partial charge in [0.2, 0.25) is 0 Å². The van der Waals surface area contributed by atoms with Crippen LogP contribution in [-0.4, -0.2) is 40.0 Å². The minimum atomic E-state index is 0.157. The second-order valence-corrected chi connectivity index (χ2v) is 5.13. The van der Waals surface area contributed by atoms with Gasteiger partial charge in [-0.2, -0.15) is 0 Å². The normalized spacial score (nSPS) is 21.6. The quantitative estimate of drug-likeness (QED) is 0.888. The average molecular weight is 315 g/mol. The van der Waals surface area contributed by atoms with Gasteiger partial charge in [0.15, 0.2) is 0 Å². The molecule has 1 aromatic rings. The molecule has 18 heavy (non-hydrogen) atoms. The van der Waals surface area contributed by atoms with E-state index in [0.29, 0.717) is 0 Å². The molecule has 0 saturated carbocycles. The number of hydrogen-bond acceptors (Lipinski definition) is 4. The lowest BCUT2D eigenvalue weighted by molar-refractivity contribution is 0.00536. The predicted molar refractivity (Wildman–Crippen MR) is 75.1 cm³/mol. The minimum Gasteiger partial charge on any atom is -0.496 e. The van der Waals surface area contributed by atoms with Gasteiger partial charge in [-0.15, -0.1) is 0 Å². The molecule has 1 aliphatic rings. The number of ether oxygens (including phenoxy) is 2. The van der Waals surface area contributed by atoms with Gasteiger partial charge in [0, 0.05) is 13.1 Å². The number of hydrogen-bond donors (Lipinski definition) is 2. The average Bonchev–Trinajstić information content (AvgIpc) is 2.41. The Balaban J connectivity index is 2.18. The Labute approximate surface area is 116 Å². The molecule has 1 aliphatic heterocycles. The van der Waals surface area contributed by atoms with E-state index < -0.39 is 0 Å². The Bertz CT molecular complexity index is 395. The molecule has 2 N–H and O–H groups in total. The first kappa shape index (κ1) is 13.8. The topological polar surface area (TPSA) is 42.5 Å². The summed E-state index contributed by atoms with van der Waals surface area (Å²) in [6, 6.07) is 6.31. The number of halogens is 1. The van der Waals surface area contributed by atoms with E-state index in [9.17, 15) is 0 Å². The first-order chi connectivity index (χ1) is 8.76. The van der Waals surface area contributed by atoms with E-state index in [4.69, 9.17) is 9.47 Å². The van der Waals surface area contributed by atoms with Crippen molar-refractivity contribution < 1.29 is 9.47 Å². The molecule has 1 heterocycles. The summed E-state index contributed by atoms with van der Waals surface area (Å²) >= 11 is 3.52. The van der Waals surface area contributed by atoms with Gasteiger partial charge in [-0.1, -0.05) is 6.07 Å². The summed E-state index contributed by atoms with van der Waals surface area (Å²) in [5, 5.41) is 6.68. The maximum atomic E-state index is 5.81. The Kier molecular flexibility index (Phi) is 5.00. The van der Waals surface area contributed by atoms with Crippen LogP contribution in [0.4, 0.5) is 0 Å². The SMILES string of the molecule is CNC(c1ccc(OC)c(Br)c1)C1CNCCO1. The first-order valence-electron chi connectivity index (χ1n) is 6.09. The van der Waals surface area contributed by atoms with Crippen LogP contribution in [0, 0.1) is 0 Å². The zero-order valence-electron chi connectivity index (χ0n) is 10.7. The summed E-state index contributed by atoms with van der Waals surface area (Å²) in [5.74, 6) is 0.844. The largest absolute Gasteiger partial charge is 0.496 e. The third-order valence-corrected chi connectivity index (χ3v) is 3.79. The lowest BCUT2D eigenvalue weighted by atomic mass is 10.0. The number of likely N-dealkylation sites (N-methyl/N-ethyl adjacent to an activating group) is 1. The molecular formula is C13H19BrN2O2. The standard InChI is InChI=1S/C13H19BrN2O2/c1-15-13(12-8-16-5-6-18-12)9-3-4-11(17-2)10(14)7-9/h3-4,7,12-13,15-16H,5-6,8H2,1-2H3. The van der Waals surface area contributed by atoms with Gasteiger partial charge < -0.3 is 20.1 Å². The van der Waals surface area contributed by atoms with Crippen molar-refractivity contribution in [3.8, 4) is 5.75 Å². The van der Waals surface area contributed by atoms with E-state index in [1.54, 1.807) is 7.11 Å². The fourth-order valence-electron chi connectivity index (χ4n) is 2.24. The summed E-state index contributed by atoms with van der Waals surface area (Å²) in [6.45, 7) is 2.56. The third-order valence-electron chi connectivity index (χ3n) is 3.17. The third kappa shape index (κ3) is 3.03. The van der Waals surface area contributed by atoms with Crippen molar-refractivity contribution in [1.29, 1.82) is 0 Å². The summed E-state index contributed by atoms with van der Waals surface area (Å²) in [6.07, 6.45) is 0.157. The van der Waals surface area contributed by atoms with Crippen LogP contribution < -0.4 is 15.4 Å². The Hall–Kier alpha value is -0.620. The summed E-state index contributed by atoms with van der Waals surface area (Å²) in [7, 11) is 3.63. The minimum absolute atomic E-state index is 0.157. The van der Waals surface area contributed by atoms with Crippen LogP contribution in [0.2, 0.25) is 0 Å². The summed E-state index contributed by atoms with van der Waals surface area (Å²) < 4.78 is 12.0. The molecule has 1 fully saturated rings. The van der Waals surface area contributed by atoms with Crippen molar-refractivity contribution in [2.24, 2.45) is 0 Å². The smallest absolute Gasteiger partial charge is 0.133 e. The Morgan fingerprint density at radius 1 is 1.56 bits per heavy atom. The van der Waals surface area contributed by atoms with Crippen molar-refractivity contribution in [2.45, 2.75) is 12.1 Å². The van der Waals surface area contributed by atoms with Gasteiger partial charge in [0.05, 0.1) is 30.3 Å². The summed E-state index contributed by atoms with van der Waals surface area (Å²) in [5.41, 5.74) is 1.19. The second kappa shape index (κ2) is 6.52. The van der Waals surface area contributed by atoms with Crippen LogP contribution in [0.3, 0.4) is 0 Å². The van der Waals surface area contributed by atoms with E-state index in [1.165, 1.54) is 5.56 Å². The van der Waals surface area contributed by atoms with Crippen molar-refractivity contribution in [2.75, 3.05) is 33.9 Å². The highest BCUT2D eigenvalue weighted by Gasteiger charge is 2.25. The molecule has 100 valence electrons. The van der Waals surface area contributed by atoms with Crippen LogP contribution in [-0.2, 0) is 4.74 Å². The van der Waals surface area contributed by atoms with Crippen molar-refractivity contribution in [3.05, 3.63) is 28.2 Å². The van der Waals surface area contributed by atoms with Crippen LogP contribution in [0.5, 0.6) is 5.75 Å². The van der Waals surface area contributed by atoms with Crippen LogP contribution in [0.25, 0.3) is 0 Å². The van der Waals surface area contributed by atoms with Crippen LogP contribution in [0.15, 0.2) is 22.7 Å². The number of morpholine rings is 1. The van der Waals surface area contributed by atoms with Gasteiger partial charge >= 0.3 is 0 Å².